The standard InChI is InChI=1S/C11H10ClNO/c12-10-8-3-1-2-4-9(8)14-7-11(13-10)5-6-11/h1-4H,5-7H2. The molecule has 0 saturated heterocycles. The molecule has 1 aromatic carbocycles. The summed E-state index contributed by atoms with van der Waals surface area (Å²) in [5.41, 5.74) is 0.911. The van der Waals surface area contributed by atoms with Crippen LogP contribution in [0, 0.1) is 0 Å². The van der Waals surface area contributed by atoms with Crippen LogP contribution in [-0.2, 0) is 0 Å². The van der Waals surface area contributed by atoms with Crippen LogP contribution in [0.25, 0.3) is 0 Å². The number of hydrogen-bond acceptors (Lipinski definition) is 2. The Balaban J connectivity index is 2.10. The van der Waals surface area contributed by atoms with Gasteiger partial charge in [-0.2, -0.15) is 0 Å². The highest BCUT2D eigenvalue weighted by Crippen LogP contribution is 2.43. The summed E-state index contributed by atoms with van der Waals surface area (Å²) in [5, 5.41) is 0.593. The van der Waals surface area contributed by atoms with Crippen LogP contribution in [0.1, 0.15) is 18.4 Å². The summed E-state index contributed by atoms with van der Waals surface area (Å²) in [7, 11) is 0. The number of aliphatic imine (C=N–C) groups is 1. The van der Waals surface area contributed by atoms with Gasteiger partial charge in [-0.3, -0.25) is 4.99 Å². The molecule has 1 saturated carbocycles. The van der Waals surface area contributed by atoms with Gasteiger partial charge in [0.25, 0.3) is 0 Å². The maximum atomic E-state index is 6.15. The molecule has 0 bridgehead atoms. The van der Waals surface area contributed by atoms with Crippen LogP contribution in [0.2, 0.25) is 0 Å². The predicted octanol–water partition coefficient (Wildman–Crippen LogP) is 2.60. The fraction of sp³-hybridized carbons (Fsp3) is 0.364. The van der Waals surface area contributed by atoms with Crippen molar-refractivity contribution in [3.05, 3.63) is 29.8 Å². The molecule has 0 aromatic heterocycles. The highest BCUT2D eigenvalue weighted by molar-refractivity contribution is 6.70. The van der Waals surface area contributed by atoms with Crippen molar-refractivity contribution < 1.29 is 4.74 Å². The summed E-state index contributed by atoms with van der Waals surface area (Å²) in [4.78, 5) is 4.52. The van der Waals surface area contributed by atoms with Gasteiger partial charge in [0.2, 0.25) is 0 Å². The summed E-state index contributed by atoms with van der Waals surface area (Å²) in [5.74, 6) is 0.852. The number of benzene rings is 1. The van der Waals surface area contributed by atoms with Crippen molar-refractivity contribution >= 4 is 16.8 Å². The third-order valence-corrected chi connectivity index (χ3v) is 3.06. The van der Waals surface area contributed by atoms with Gasteiger partial charge in [-0.1, -0.05) is 23.7 Å². The Bertz CT molecular complexity index is 410. The van der Waals surface area contributed by atoms with Crippen LogP contribution in [0.5, 0.6) is 5.75 Å². The van der Waals surface area contributed by atoms with E-state index >= 15 is 0 Å². The average molecular weight is 208 g/mol. The van der Waals surface area contributed by atoms with E-state index in [4.69, 9.17) is 16.3 Å². The topological polar surface area (TPSA) is 21.6 Å². The third-order valence-electron chi connectivity index (χ3n) is 2.77. The van der Waals surface area contributed by atoms with E-state index in [0.29, 0.717) is 11.8 Å². The monoisotopic (exact) mass is 207 g/mol. The van der Waals surface area contributed by atoms with Gasteiger partial charge in [0.15, 0.2) is 0 Å². The molecule has 0 atom stereocenters. The number of halogens is 1. The van der Waals surface area contributed by atoms with Crippen LogP contribution in [0.4, 0.5) is 0 Å². The normalized spacial score (nSPS) is 21.9. The van der Waals surface area contributed by atoms with E-state index in [-0.39, 0.29) is 5.54 Å². The molecule has 1 aliphatic heterocycles. The zero-order chi connectivity index (χ0) is 9.60. The summed E-state index contributed by atoms with van der Waals surface area (Å²) in [6.45, 7) is 0.667. The van der Waals surface area contributed by atoms with Crippen molar-refractivity contribution in [3.8, 4) is 5.75 Å². The molecular formula is C11H10ClNO. The number of ether oxygens (including phenoxy) is 1. The Labute approximate surface area is 87.6 Å². The van der Waals surface area contributed by atoms with Crippen LogP contribution < -0.4 is 4.74 Å². The fourth-order valence-electron chi connectivity index (χ4n) is 1.68. The van der Waals surface area contributed by atoms with Crippen LogP contribution in [-0.4, -0.2) is 17.3 Å². The first-order valence-electron chi connectivity index (χ1n) is 4.77. The van der Waals surface area contributed by atoms with Crippen molar-refractivity contribution in [3.63, 3.8) is 0 Å². The Hall–Kier alpha value is -1.02. The minimum atomic E-state index is -0.00387. The molecule has 0 N–H and O–H groups in total. The van der Waals surface area contributed by atoms with Crippen LogP contribution >= 0.6 is 11.6 Å². The maximum Gasteiger partial charge on any atom is 0.135 e. The van der Waals surface area contributed by atoms with Gasteiger partial charge < -0.3 is 4.74 Å². The van der Waals surface area contributed by atoms with Gasteiger partial charge in [0.1, 0.15) is 17.5 Å². The van der Waals surface area contributed by atoms with Gasteiger partial charge in [-0.05, 0) is 25.0 Å². The molecule has 1 aromatic rings. The molecule has 3 heteroatoms. The zero-order valence-electron chi connectivity index (χ0n) is 7.66. The van der Waals surface area contributed by atoms with Crippen molar-refractivity contribution in [2.45, 2.75) is 18.4 Å². The quantitative estimate of drug-likeness (QED) is 0.641. The fourth-order valence-corrected chi connectivity index (χ4v) is 2.01. The average Bonchev–Trinajstić information content (AvgIpc) is 2.97. The second kappa shape index (κ2) is 2.74. The second-order valence-corrected chi connectivity index (χ2v) is 4.27. The molecule has 1 aliphatic carbocycles. The molecule has 1 spiro atoms. The van der Waals surface area contributed by atoms with Gasteiger partial charge in [-0.25, -0.2) is 0 Å². The van der Waals surface area contributed by atoms with Gasteiger partial charge >= 0.3 is 0 Å². The summed E-state index contributed by atoms with van der Waals surface area (Å²) in [6.07, 6.45) is 2.19. The Morgan fingerprint density at radius 3 is 2.86 bits per heavy atom. The zero-order valence-corrected chi connectivity index (χ0v) is 8.42. The predicted molar refractivity (Wildman–Crippen MR) is 56.3 cm³/mol. The molecule has 0 radical (unpaired) electrons. The van der Waals surface area contributed by atoms with E-state index in [9.17, 15) is 0 Å². The lowest BCUT2D eigenvalue weighted by Crippen LogP contribution is -2.15. The molecular weight excluding hydrogens is 198 g/mol. The number of nitrogens with zero attached hydrogens (tertiary/aromatic N) is 1. The van der Waals surface area contributed by atoms with Gasteiger partial charge in [0, 0.05) is 0 Å². The Kier molecular flexibility index (Phi) is 1.62. The highest BCUT2D eigenvalue weighted by atomic mass is 35.5. The number of rotatable bonds is 0. The number of hydrogen-bond donors (Lipinski definition) is 0. The molecule has 2 nitrogen and oxygen atoms in total. The maximum absolute atomic E-state index is 6.15. The van der Waals surface area contributed by atoms with Crippen molar-refractivity contribution in [1.29, 1.82) is 0 Å². The van der Waals surface area contributed by atoms with E-state index < -0.39 is 0 Å². The van der Waals surface area contributed by atoms with E-state index in [1.807, 2.05) is 24.3 Å². The smallest absolute Gasteiger partial charge is 0.135 e. The van der Waals surface area contributed by atoms with Crippen LogP contribution in [0.3, 0.4) is 0 Å². The first-order chi connectivity index (χ1) is 6.79. The van der Waals surface area contributed by atoms with Crippen molar-refractivity contribution in [1.82, 2.24) is 0 Å². The number of fused-ring (bicyclic) bond motifs is 1. The SMILES string of the molecule is ClC1=NC2(CC2)COc2ccccc21. The van der Waals surface area contributed by atoms with Gasteiger partial charge in [0.05, 0.1) is 11.1 Å². The van der Waals surface area contributed by atoms with E-state index in [2.05, 4.69) is 4.99 Å². The van der Waals surface area contributed by atoms with E-state index in [0.717, 1.165) is 24.2 Å². The summed E-state index contributed by atoms with van der Waals surface area (Å²) in [6, 6.07) is 7.79. The first-order valence-corrected chi connectivity index (χ1v) is 5.14. The lowest BCUT2D eigenvalue weighted by Gasteiger charge is -2.08. The Morgan fingerprint density at radius 2 is 2.07 bits per heavy atom. The molecule has 14 heavy (non-hydrogen) atoms. The Morgan fingerprint density at radius 1 is 1.29 bits per heavy atom. The lowest BCUT2D eigenvalue weighted by molar-refractivity contribution is 0.284. The summed E-state index contributed by atoms with van der Waals surface area (Å²) >= 11 is 6.15. The summed E-state index contributed by atoms with van der Waals surface area (Å²) < 4.78 is 5.70. The van der Waals surface area contributed by atoms with E-state index in [1.54, 1.807) is 0 Å². The molecule has 0 unspecified atom stereocenters. The van der Waals surface area contributed by atoms with Crippen molar-refractivity contribution in [2.75, 3.05) is 6.61 Å². The molecule has 3 rings (SSSR count). The van der Waals surface area contributed by atoms with Gasteiger partial charge in [-0.15, -0.1) is 0 Å². The number of para-hydroxylation sites is 1. The van der Waals surface area contributed by atoms with Crippen molar-refractivity contribution in [2.24, 2.45) is 4.99 Å². The third kappa shape index (κ3) is 1.22. The molecule has 0 amide bonds. The largest absolute Gasteiger partial charge is 0.490 e. The minimum absolute atomic E-state index is 0.00387. The molecule has 72 valence electrons. The lowest BCUT2D eigenvalue weighted by atomic mass is 10.2. The van der Waals surface area contributed by atoms with Crippen LogP contribution in [0.15, 0.2) is 29.3 Å². The molecule has 1 heterocycles. The minimum Gasteiger partial charge on any atom is -0.490 e. The first kappa shape index (κ1) is 8.30. The second-order valence-electron chi connectivity index (χ2n) is 3.91. The highest BCUT2D eigenvalue weighted by Gasteiger charge is 2.45. The van der Waals surface area contributed by atoms with E-state index in [1.165, 1.54) is 0 Å². The molecule has 1 fully saturated rings. The molecule has 2 aliphatic rings.